The highest BCUT2D eigenvalue weighted by Gasteiger charge is 2.71. The standard InChI is InChI=1S/C20H24F3NO3/c1-27-16(20(21,22)23)17(25)24-15-10-5-9-14-18(24,11-6-12-19(14,15)26)13-7-3-2-4-8-13/h2-4,7-8,14-16,26H,5-6,9-12H2,1H3/t14-,15+,16+,18+,19+/m1/s1. The molecule has 1 aliphatic heterocycles. The minimum atomic E-state index is -4.79. The Morgan fingerprint density at radius 1 is 1.22 bits per heavy atom. The number of rotatable bonds is 3. The van der Waals surface area contributed by atoms with E-state index in [4.69, 9.17) is 0 Å². The van der Waals surface area contributed by atoms with Gasteiger partial charge in [0.05, 0.1) is 17.2 Å². The molecule has 5 atom stereocenters. The quantitative estimate of drug-likeness (QED) is 0.871. The van der Waals surface area contributed by atoms with Gasteiger partial charge in [-0.1, -0.05) is 36.8 Å². The largest absolute Gasteiger partial charge is 0.423 e. The maximum atomic E-state index is 13.5. The number of hydrogen-bond donors (Lipinski definition) is 1. The van der Waals surface area contributed by atoms with E-state index in [-0.39, 0.29) is 5.92 Å². The van der Waals surface area contributed by atoms with Gasteiger partial charge in [0, 0.05) is 13.0 Å². The fourth-order valence-electron chi connectivity index (χ4n) is 6.04. The molecular formula is C20H24F3NO3. The van der Waals surface area contributed by atoms with Crippen molar-refractivity contribution >= 4 is 5.91 Å². The van der Waals surface area contributed by atoms with Crippen LogP contribution in [0.1, 0.15) is 44.1 Å². The number of nitrogens with zero attached hydrogens (tertiary/aromatic N) is 1. The third-order valence-electron chi connectivity index (χ3n) is 6.87. The molecule has 1 N–H and O–H groups in total. The molecule has 4 nitrogen and oxygen atoms in total. The average Bonchev–Trinajstić information content (AvgIpc) is 2.77. The molecule has 1 amide bonds. The number of hydrogen-bond acceptors (Lipinski definition) is 3. The van der Waals surface area contributed by atoms with E-state index in [2.05, 4.69) is 4.74 Å². The number of carbonyl (C=O) groups excluding carboxylic acids is 1. The van der Waals surface area contributed by atoms with Gasteiger partial charge in [0.1, 0.15) is 0 Å². The second-order valence-corrected chi connectivity index (χ2v) is 8.00. The second kappa shape index (κ2) is 6.21. The highest BCUT2D eigenvalue weighted by molar-refractivity contribution is 5.84. The van der Waals surface area contributed by atoms with E-state index in [1.807, 2.05) is 30.3 Å². The first-order valence-corrected chi connectivity index (χ1v) is 9.47. The molecule has 148 valence electrons. The topological polar surface area (TPSA) is 49.8 Å². The van der Waals surface area contributed by atoms with Gasteiger partial charge < -0.3 is 14.7 Å². The van der Waals surface area contributed by atoms with Crippen molar-refractivity contribution in [3.05, 3.63) is 35.9 Å². The number of carbonyl (C=O) groups is 1. The lowest BCUT2D eigenvalue weighted by Gasteiger charge is -2.47. The van der Waals surface area contributed by atoms with Gasteiger partial charge in [0.25, 0.3) is 5.91 Å². The number of amides is 1. The van der Waals surface area contributed by atoms with Gasteiger partial charge in [-0.25, -0.2) is 0 Å². The van der Waals surface area contributed by atoms with E-state index in [9.17, 15) is 23.1 Å². The molecule has 0 aromatic heterocycles. The van der Waals surface area contributed by atoms with Crippen molar-refractivity contribution in [2.45, 2.75) is 68.0 Å². The van der Waals surface area contributed by atoms with Crippen LogP contribution >= 0.6 is 0 Å². The molecule has 4 rings (SSSR count). The third-order valence-corrected chi connectivity index (χ3v) is 6.87. The molecule has 0 spiro atoms. The minimum absolute atomic E-state index is 0.255. The van der Waals surface area contributed by atoms with Gasteiger partial charge in [0.15, 0.2) is 0 Å². The zero-order valence-corrected chi connectivity index (χ0v) is 15.2. The fraction of sp³-hybridized carbons (Fsp3) is 0.650. The van der Waals surface area contributed by atoms with Crippen molar-refractivity contribution in [1.82, 2.24) is 4.90 Å². The smallest absolute Gasteiger partial charge is 0.387 e. The molecule has 1 aromatic carbocycles. The van der Waals surface area contributed by atoms with E-state index < -0.39 is 35.4 Å². The Bertz CT molecular complexity index is 725. The van der Waals surface area contributed by atoms with Crippen molar-refractivity contribution in [3.8, 4) is 0 Å². The van der Waals surface area contributed by atoms with E-state index in [1.54, 1.807) is 0 Å². The van der Waals surface area contributed by atoms with E-state index in [0.29, 0.717) is 32.1 Å². The zero-order chi connectivity index (χ0) is 19.4. The van der Waals surface area contributed by atoms with Gasteiger partial charge in [-0.3, -0.25) is 4.79 Å². The number of likely N-dealkylation sites (tertiary alicyclic amines) is 1. The maximum Gasteiger partial charge on any atom is 0.423 e. The Kier molecular flexibility index (Phi) is 4.31. The van der Waals surface area contributed by atoms with Crippen molar-refractivity contribution in [2.75, 3.05) is 7.11 Å². The molecule has 1 heterocycles. The third kappa shape index (κ3) is 2.47. The number of halogens is 3. The van der Waals surface area contributed by atoms with Crippen LogP contribution in [0, 0.1) is 5.92 Å². The first-order chi connectivity index (χ1) is 12.8. The SMILES string of the molecule is CO[C@@H](C(=O)N1[C@H]2CCC[C@H]3[C@@]2(O)CCC[C@]31c1ccccc1)C(F)(F)F. The molecule has 1 aromatic rings. The normalized spacial score (nSPS) is 36.6. The molecule has 7 heteroatoms. The van der Waals surface area contributed by atoms with Crippen LogP contribution in [-0.2, 0) is 15.1 Å². The van der Waals surface area contributed by atoms with Gasteiger partial charge in [-0.15, -0.1) is 0 Å². The van der Waals surface area contributed by atoms with Crippen LogP contribution in [0.15, 0.2) is 30.3 Å². The summed E-state index contributed by atoms with van der Waals surface area (Å²) in [4.78, 5) is 14.6. The number of aliphatic hydroxyl groups is 1. The van der Waals surface area contributed by atoms with Crippen LogP contribution in [0.25, 0.3) is 0 Å². The molecule has 2 aliphatic carbocycles. The first-order valence-electron chi connectivity index (χ1n) is 9.47. The molecule has 0 radical (unpaired) electrons. The zero-order valence-electron chi connectivity index (χ0n) is 15.2. The summed E-state index contributed by atoms with van der Waals surface area (Å²) >= 11 is 0. The lowest BCUT2D eigenvalue weighted by molar-refractivity contribution is -0.221. The number of benzene rings is 1. The highest BCUT2D eigenvalue weighted by Crippen LogP contribution is 2.64. The Balaban J connectivity index is 1.89. The van der Waals surface area contributed by atoms with Crippen molar-refractivity contribution in [2.24, 2.45) is 5.92 Å². The monoisotopic (exact) mass is 383 g/mol. The summed E-state index contributed by atoms with van der Waals surface area (Å²) in [7, 11) is 0.911. The van der Waals surface area contributed by atoms with Crippen molar-refractivity contribution in [3.63, 3.8) is 0 Å². The fourth-order valence-corrected chi connectivity index (χ4v) is 6.04. The predicted octanol–water partition coefficient (Wildman–Crippen LogP) is 3.39. The van der Waals surface area contributed by atoms with Gasteiger partial charge in [-0.05, 0) is 37.7 Å². The lowest BCUT2D eigenvalue weighted by atomic mass is 9.60. The second-order valence-electron chi connectivity index (χ2n) is 8.00. The summed E-state index contributed by atoms with van der Waals surface area (Å²) in [5, 5.41) is 11.5. The van der Waals surface area contributed by atoms with E-state index in [0.717, 1.165) is 19.1 Å². The number of alkyl halides is 3. The van der Waals surface area contributed by atoms with E-state index in [1.165, 1.54) is 4.90 Å². The molecule has 3 aliphatic rings. The minimum Gasteiger partial charge on any atom is -0.387 e. The van der Waals surface area contributed by atoms with Crippen LogP contribution in [0.3, 0.4) is 0 Å². The molecule has 2 saturated carbocycles. The molecule has 0 unspecified atom stereocenters. The lowest BCUT2D eigenvalue weighted by Crippen LogP contribution is -2.56. The van der Waals surface area contributed by atoms with Crippen molar-refractivity contribution in [1.29, 1.82) is 0 Å². The van der Waals surface area contributed by atoms with E-state index >= 15 is 0 Å². The molecule has 4 bridgehead atoms. The Morgan fingerprint density at radius 2 is 1.93 bits per heavy atom. The molecule has 1 saturated heterocycles. The van der Waals surface area contributed by atoms with Gasteiger partial charge >= 0.3 is 6.18 Å². The Hall–Kier alpha value is -1.60. The Labute approximate surface area is 156 Å². The summed E-state index contributed by atoms with van der Waals surface area (Å²) < 4.78 is 45.1. The van der Waals surface area contributed by atoms with Crippen molar-refractivity contribution < 1.29 is 27.8 Å². The number of methoxy groups -OCH3 is 1. The maximum absolute atomic E-state index is 13.5. The molecular weight excluding hydrogens is 359 g/mol. The summed E-state index contributed by atoms with van der Waals surface area (Å²) in [5.41, 5.74) is -1.23. The average molecular weight is 383 g/mol. The first kappa shape index (κ1) is 18.7. The molecule has 27 heavy (non-hydrogen) atoms. The van der Waals surface area contributed by atoms with Crippen LogP contribution in [0.5, 0.6) is 0 Å². The summed E-state index contributed by atoms with van der Waals surface area (Å²) in [5.74, 6) is -1.34. The number of ether oxygens (including phenoxy) is 1. The Morgan fingerprint density at radius 3 is 2.56 bits per heavy atom. The highest BCUT2D eigenvalue weighted by atomic mass is 19.4. The van der Waals surface area contributed by atoms with Crippen LogP contribution < -0.4 is 0 Å². The summed E-state index contributed by atoms with van der Waals surface area (Å²) in [6.45, 7) is 0. The van der Waals surface area contributed by atoms with Crippen LogP contribution in [-0.4, -0.2) is 46.9 Å². The summed E-state index contributed by atoms with van der Waals surface area (Å²) in [6, 6.07) is 8.63. The van der Waals surface area contributed by atoms with Crippen LogP contribution in [0.4, 0.5) is 13.2 Å². The summed E-state index contributed by atoms with van der Waals surface area (Å²) in [6.07, 6.45) is -3.55. The predicted molar refractivity (Wildman–Crippen MR) is 91.7 cm³/mol. The van der Waals surface area contributed by atoms with Gasteiger partial charge in [-0.2, -0.15) is 13.2 Å². The molecule has 3 fully saturated rings. The van der Waals surface area contributed by atoms with Gasteiger partial charge in [0.2, 0.25) is 6.10 Å². The van der Waals surface area contributed by atoms with Crippen LogP contribution in [0.2, 0.25) is 0 Å².